The highest BCUT2D eigenvalue weighted by molar-refractivity contribution is 5.98. The van der Waals surface area contributed by atoms with Crippen molar-refractivity contribution in [1.82, 2.24) is 24.7 Å². The molecule has 0 saturated carbocycles. The van der Waals surface area contributed by atoms with E-state index < -0.39 is 5.82 Å². The molecule has 1 aromatic carbocycles. The normalized spacial score (nSPS) is 10.4. The van der Waals surface area contributed by atoms with Gasteiger partial charge in [-0.3, -0.25) is 9.48 Å². The van der Waals surface area contributed by atoms with Gasteiger partial charge in [-0.2, -0.15) is 10.1 Å². The van der Waals surface area contributed by atoms with Gasteiger partial charge >= 0.3 is 0 Å². The van der Waals surface area contributed by atoms with Crippen LogP contribution in [0, 0.1) is 5.82 Å². The quantitative estimate of drug-likeness (QED) is 0.377. The zero-order valence-electron chi connectivity index (χ0n) is 18.3. The summed E-state index contributed by atoms with van der Waals surface area (Å²) in [6.45, 7) is 3.44. The molecule has 10 nitrogen and oxygen atoms in total. The van der Waals surface area contributed by atoms with E-state index in [2.05, 4.69) is 37.3 Å². The molecule has 2 N–H and O–H groups in total. The number of pyridine rings is 1. The number of carbonyl (C=O) groups is 1. The fraction of sp³-hybridized carbons (Fsp3) is 0.0870. The lowest BCUT2D eigenvalue weighted by molar-refractivity contribution is -0.111. The molecule has 3 heterocycles. The van der Waals surface area contributed by atoms with Gasteiger partial charge in [0.1, 0.15) is 5.75 Å². The van der Waals surface area contributed by atoms with Crippen LogP contribution < -0.4 is 20.1 Å². The molecule has 0 spiro atoms. The third-order valence-electron chi connectivity index (χ3n) is 4.53. The number of hydrogen-bond donors (Lipinski definition) is 2. The van der Waals surface area contributed by atoms with Crippen LogP contribution in [0.15, 0.2) is 67.8 Å². The van der Waals surface area contributed by atoms with Gasteiger partial charge in [-0.25, -0.2) is 14.4 Å². The smallest absolute Gasteiger partial charge is 0.250 e. The molecule has 0 fully saturated rings. The minimum absolute atomic E-state index is 0.132. The van der Waals surface area contributed by atoms with Crippen molar-refractivity contribution in [3.63, 3.8) is 0 Å². The molecule has 4 rings (SSSR count). The lowest BCUT2D eigenvalue weighted by Crippen LogP contribution is -2.07. The zero-order chi connectivity index (χ0) is 24.1. The first-order chi connectivity index (χ1) is 16.4. The van der Waals surface area contributed by atoms with Gasteiger partial charge in [-0.15, -0.1) is 0 Å². The Bertz CT molecular complexity index is 1360. The first-order valence-electron chi connectivity index (χ1n) is 9.99. The average molecular weight is 461 g/mol. The Hall–Kier alpha value is -4.80. The molecule has 0 atom stereocenters. The number of nitrogens with one attached hydrogen (secondary N) is 2. The molecule has 4 aromatic rings. The van der Waals surface area contributed by atoms with Crippen LogP contribution in [0.25, 0.3) is 11.1 Å². The maximum absolute atomic E-state index is 14.3. The maximum atomic E-state index is 14.3. The Morgan fingerprint density at radius 3 is 2.71 bits per heavy atom. The van der Waals surface area contributed by atoms with E-state index in [1.807, 2.05) is 0 Å². The number of carbonyl (C=O) groups excluding carboxylic acids is 1. The Labute approximate surface area is 194 Å². The van der Waals surface area contributed by atoms with Crippen molar-refractivity contribution >= 4 is 23.2 Å². The number of nitrogens with zero attached hydrogens (tertiary/aromatic N) is 5. The average Bonchev–Trinajstić information content (AvgIpc) is 3.23. The highest BCUT2D eigenvalue weighted by atomic mass is 19.1. The van der Waals surface area contributed by atoms with Crippen molar-refractivity contribution < 1.29 is 18.7 Å². The monoisotopic (exact) mass is 461 g/mol. The maximum Gasteiger partial charge on any atom is 0.250 e. The van der Waals surface area contributed by atoms with E-state index in [0.29, 0.717) is 28.3 Å². The van der Waals surface area contributed by atoms with Crippen molar-refractivity contribution in [2.24, 2.45) is 7.05 Å². The van der Waals surface area contributed by atoms with Crippen LogP contribution in [0.3, 0.4) is 0 Å². The van der Waals surface area contributed by atoms with Gasteiger partial charge in [0.15, 0.2) is 5.82 Å². The minimum Gasteiger partial charge on any atom is -0.479 e. The van der Waals surface area contributed by atoms with Crippen LogP contribution in [0.1, 0.15) is 0 Å². The highest BCUT2D eigenvalue weighted by Gasteiger charge is 2.16. The summed E-state index contributed by atoms with van der Waals surface area (Å²) in [5.74, 6) is -0.367. The van der Waals surface area contributed by atoms with Crippen molar-refractivity contribution in [3.8, 4) is 28.6 Å². The molecule has 0 radical (unpaired) electrons. The fourth-order valence-electron chi connectivity index (χ4n) is 2.98. The van der Waals surface area contributed by atoms with E-state index in [4.69, 9.17) is 9.47 Å². The van der Waals surface area contributed by atoms with E-state index in [0.717, 1.165) is 6.08 Å². The van der Waals surface area contributed by atoms with E-state index in [1.165, 1.54) is 25.6 Å². The Kier molecular flexibility index (Phi) is 6.44. The Morgan fingerprint density at radius 2 is 2.00 bits per heavy atom. The van der Waals surface area contributed by atoms with Crippen LogP contribution in [-0.2, 0) is 11.8 Å². The van der Waals surface area contributed by atoms with Crippen LogP contribution >= 0.6 is 0 Å². The van der Waals surface area contributed by atoms with Crippen LogP contribution in [0.5, 0.6) is 17.5 Å². The molecule has 1 amide bonds. The SMILES string of the molecule is C=CC(=O)Nc1cccc(Oc2nc(Nc3cnn(C)c3)ncc2-c2cnc(OC)c(F)c2)c1. The lowest BCUT2D eigenvalue weighted by Gasteiger charge is -2.13. The summed E-state index contributed by atoms with van der Waals surface area (Å²) in [6, 6.07) is 7.98. The summed E-state index contributed by atoms with van der Waals surface area (Å²) >= 11 is 0. The largest absolute Gasteiger partial charge is 0.479 e. The van der Waals surface area contributed by atoms with Crippen molar-refractivity contribution in [2.45, 2.75) is 0 Å². The molecule has 0 aliphatic heterocycles. The molecule has 34 heavy (non-hydrogen) atoms. The van der Waals surface area contributed by atoms with Gasteiger partial charge in [0.2, 0.25) is 23.6 Å². The number of methoxy groups -OCH3 is 1. The lowest BCUT2D eigenvalue weighted by atomic mass is 10.1. The van der Waals surface area contributed by atoms with Crippen molar-refractivity contribution in [2.75, 3.05) is 17.7 Å². The molecule has 172 valence electrons. The van der Waals surface area contributed by atoms with Crippen molar-refractivity contribution in [1.29, 1.82) is 0 Å². The number of anilines is 3. The second-order valence-electron chi connectivity index (χ2n) is 6.98. The van der Waals surface area contributed by atoms with Crippen LogP contribution in [-0.4, -0.2) is 37.7 Å². The first-order valence-corrected chi connectivity index (χ1v) is 9.99. The zero-order valence-corrected chi connectivity index (χ0v) is 18.3. The van der Waals surface area contributed by atoms with E-state index in [-0.39, 0.29) is 23.6 Å². The van der Waals surface area contributed by atoms with Gasteiger partial charge in [0.05, 0.1) is 24.6 Å². The fourth-order valence-corrected chi connectivity index (χ4v) is 2.98. The second kappa shape index (κ2) is 9.77. The van der Waals surface area contributed by atoms with Crippen molar-refractivity contribution in [3.05, 3.63) is 73.6 Å². The minimum atomic E-state index is -0.641. The number of ether oxygens (including phenoxy) is 2. The summed E-state index contributed by atoms with van der Waals surface area (Å²) in [4.78, 5) is 24.4. The topological polar surface area (TPSA) is 116 Å². The van der Waals surface area contributed by atoms with E-state index in [1.54, 1.807) is 48.4 Å². The van der Waals surface area contributed by atoms with Crippen LogP contribution in [0.2, 0.25) is 0 Å². The summed E-state index contributed by atoms with van der Waals surface area (Å²) in [6.07, 6.45) is 7.46. The molecule has 0 bridgehead atoms. The number of aromatic nitrogens is 5. The molecular weight excluding hydrogens is 441 g/mol. The molecule has 0 aliphatic carbocycles. The third-order valence-corrected chi connectivity index (χ3v) is 4.53. The summed E-state index contributed by atoms with van der Waals surface area (Å²) in [5.41, 5.74) is 1.96. The van der Waals surface area contributed by atoms with Gasteiger partial charge in [-0.1, -0.05) is 12.6 Å². The molecule has 0 unspecified atom stereocenters. The molecule has 11 heteroatoms. The van der Waals surface area contributed by atoms with E-state index >= 15 is 0 Å². The van der Waals surface area contributed by atoms with Gasteiger partial charge in [0.25, 0.3) is 0 Å². The number of hydrogen-bond acceptors (Lipinski definition) is 8. The third kappa shape index (κ3) is 5.15. The van der Waals surface area contributed by atoms with Gasteiger partial charge in [-0.05, 0) is 24.3 Å². The predicted octanol–water partition coefficient (Wildman–Crippen LogP) is 4.08. The molecule has 3 aromatic heterocycles. The van der Waals surface area contributed by atoms with Gasteiger partial charge < -0.3 is 20.1 Å². The highest BCUT2D eigenvalue weighted by Crippen LogP contribution is 2.34. The van der Waals surface area contributed by atoms with Crippen LogP contribution in [0.4, 0.5) is 21.7 Å². The summed E-state index contributed by atoms with van der Waals surface area (Å²) < 4.78 is 26.9. The second-order valence-corrected chi connectivity index (χ2v) is 6.98. The molecule has 0 saturated heterocycles. The van der Waals surface area contributed by atoms with Gasteiger partial charge in [0, 0.05) is 43.0 Å². The summed E-state index contributed by atoms with van der Waals surface area (Å²) in [5, 5.41) is 9.81. The standard InChI is InChI=1S/C23H20FN7O3/c1-4-20(32)28-15-6-5-7-17(9-15)34-21-18(14-8-19(24)22(33-3)25-10-14)12-26-23(30-21)29-16-11-27-31(2)13-16/h4-13H,1H2,2-3H3,(H,28,32)(H,26,29,30). The number of benzene rings is 1. The first kappa shape index (κ1) is 22.4. The number of amides is 1. The summed E-state index contributed by atoms with van der Waals surface area (Å²) in [7, 11) is 3.12. The molecule has 0 aliphatic rings. The number of rotatable bonds is 8. The number of aryl methyl sites for hydroxylation is 1. The van der Waals surface area contributed by atoms with E-state index in [9.17, 15) is 9.18 Å². The Balaban J connectivity index is 1.72. The predicted molar refractivity (Wildman–Crippen MR) is 124 cm³/mol. The molecular formula is C23H20FN7O3. The Morgan fingerprint density at radius 1 is 1.15 bits per heavy atom. The number of halogens is 1.